The summed E-state index contributed by atoms with van der Waals surface area (Å²) in [5.41, 5.74) is 8.13. The summed E-state index contributed by atoms with van der Waals surface area (Å²) in [6.45, 7) is 0. The lowest BCUT2D eigenvalue weighted by molar-refractivity contribution is -0.116. The van der Waals surface area contributed by atoms with Crippen molar-refractivity contribution in [3.05, 3.63) is 77.9 Å². The summed E-state index contributed by atoms with van der Waals surface area (Å²) in [6, 6.07) is 17.7. The predicted octanol–water partition coefficient (Wildman–Crippen LogP) is 2.56. The third kappa shape index (κ3) is 5.47. The molecule has 3 rings (SSSR count). The van der Waals surface area contributed by atoms with Gasteiger partial charge in [0.2, 0.25) is 15.9 Å². The van der Waals surface area contributed by atoms with Crippen molar-refractivity contribution in [3.8, 4) is 16.9 Å². The molecule has 3 aromatic carbocycles. The quantitative estimate of drug-likeness (QED) is 0.283. The fraction of sp³-hybridized carbons (Fsp3) is 0.0909. The third-order valence-corrected chi connectivity index (χ3v) is 5.65. The Morgan fingerprint density at radius 1 is 1.03 bits per heavy atom. The van der Waals surface area contributed by atoms with Crippen LogP contribution < -0.4 is 16.2 Å². The Morgan fingerprint density at radius 2 is 1.71 bits per heavy atom. The highest BCUT2D eigenvalue weighted by molar-refractivity contribution is 7.89. The number of primary sulfonamides is 1. The first kappa shape index (κ1) is 22.0. The molecule has 0 saturated heterocycles. The maximum Gasteiger partial charge on any atom is 0.238 e. The van der Waals surface area contributed by atoms with E-state index in [4.69, 9.17) is 16.3 Å². The Labute approximate surface area is 180 Å². The number of benzene rings is 3. The maximum atomic E-state index is 12.3. The molecule has 0 atom stereocenters. The smallest absolute Gasteiger partial charge is 0.238 e. The molecule has 0 aliphatic carbocycles. The van der Waals surface area contributed by atoms with Crippen LogP contribution in [0.5, 0.6) is 5.75 Å². The van der Waals surface area contributed by atoms with Gasteiger partial charge in [0.25, 0.3) is 0 Å². The Balaban J connectivity index is 1.68. The van der Waals surface area contributed by atoms with Crippen LogP contribution in [0.25, 0.3) is 11.1 Å². The van der Waals surface area contributed by atoms with Crippen molar-refractivity contribution in [2.45, 2.75) is 17.7 Å². The summed E-state index contributed by atoms with van der Waals surface area (Å²) in [5, 5.41) is 25.5. The Morgan fingerprint density at radius 3 is 2.35 bits per heavy atom. The van der Waals surface area contributed by atoms with Crippen LogP contribution in [0.15, 0.2) is 71.6 Å². The van der Waals surface area contributed by atoms with Gasteiger partial charge in [-0.1, -0.05) is 30.3 Å². The highest BCUT2D eigenvalue weighted by Crippen LogP contribution is 2.27. The molecule has 9 heteroatoms. The molecule has 0 radical (unpaired) electrons. The third-order valence-electron chi connectivity index (χ3n) is 4.69. The number of hydrogen-bond acceptors (Lipinski definition) is 5. The van der Waals surface area contributed by atoms with E-state index in [9.17, 15) is 18.3 Å². The summed E-state index contributed by atoms with van der Waals surface area (Å²) >= 11 is 0. The van der Waals surface area contributed by atoms with Crippen LogP contribution in [-0.4, -0.2) is 25.3 Å². The number of nitrogens with two attached hydrogens (primary N) is 2. The number of amides is 1. The zero-order valence-corrected chi connectivity index (χ0v) is 17.3. The number of carbonyl (C=O) groups is 1. The van der Waals surface area contributed by atoms with Gasteiger partial charge in [0.05, 0.1) is 4.90 Å². The summed E-state index contributed by atoms with van der Waals surface area (Å²) in [7, 11) is -3.87. The normalized spacial score (nSPS) is 11.1. The number of aryl methyl sites for hydroxylation is 1. The zero-order valence-electron chi connectivity index (χ0n) is 16.5. The van der Waals surface area contributed by atoms with Crippen molar-refractivity contribution < 1.29 is 18.3 Å². The van der Waals surface area contributed by atoms with Gasteiger partial charge in [-0.15, -0.1) is 0 Å². The van der Waals surface area contributed by atoms with Crippen molar-refractivity contribution in [2.24, 2.45) is 10.9 Å². The first-order chi connectivity index (χ1) is 14.6. The lowest BCUT2D eigenvalue weighted by Crippen LogP contribution is -2.14. The van der Waals surface area contributed by atoms with Crippen molar-refractivity contribution in [2.75, 3.05) is 5.32 Å². The molecular formula is C22H22N4O4S. The van der Waals surface area contributed by atoms with Gasteiger partial charge in [0.15, 0.2) is 0 Å². The fourth-order valence-electron chi connectivity index (χ4n) is 3.11. The highest BCUT2D eigenvalue weighted by Gasteiger charge is 2.14. The van der Waals surface area contributed by atoms with Gasteiger partial charge in [-0.05, 0) is 53.9 Å². The van der Waals surface area contributed by atoms with E-state index in [1.165, 1.54) is 18.2 Å². The number of phenolic OH excluding ortho intramolecular Hbond substituents is 1. The summed E-state index contributed by atoms with van der Waals surface area (Å²) in [6.07, 6.45) is 0.392. The first-order valence-electron chi connectivity index (χ1n) is 9.33. The number of phenols is 1. The van der Waals surface area contributed by atoms with E-state index in [-0.39, 0.29) is 35.2 Å². The van der Waals surface area contributed by atoms with Crippen molar-refractivity contribution in [1.82, 2.24) is 0 Å². The van der Waals surface area contributed by atoms with E-state index in [0.717, 1.165) is 0 Å². The zero-order chi connectivity index (χ0) is 22.6. The number of amidine groups is 1. The molecule has 0 fully saturated rings. The van der Waals surface area contributed by atoms with Crippen LogP contribution in [0.2, 0.25) is 0 Å². The second kappa shape index (κ2) is 8.99. The second-order valence-electron chi connectivity index (χ2n) is 6.92. The predicted molar refractivity (Wildman–Crippen MR) is 119 cm³/mol. The summed E-state index contributed by atoms with van der Waals surface area (Å²) in [4.78, 5) is 12.3. The second-order valence-corrected chi connectivity index (χ2v) is 8.45. The van der Waals surface area contributed by atoms with Gasteiger partial charge >= 0.3 is 0 Å². The topological polar surface area (TPSA) is 159 Å². The van der Waals surface area contributed by atoms with Gasteiger partial charge in [0.1, 0.15) is 11.6 Å². The van der Waals surface area contributed by atoms with Crippen LogP contribution in [0, 0.1) is 5.41 Å². The molecule has 1 amide bonds. The Hall–Kier alpha value is -3.69. The lowest BCUT2D eigenvalue weighted by atomic mass is 10.0. The number of carbonyl (C=O) groups excluding carboxylic acids is 1. The lowest BCUT2D eigenvalue weighted by Gasteiger charge is -2.10. The number of nitrogens with one attached hydrogen (secondary N) is 2. The maximum absolute atomic E-state index is 12.3. The van der Waals surface area contributed by atoms with Crippen LogP contribution in [-0.2, 0) is 21.2 Å². The molecule has 0 aliphatic rings. The summed E-state index contributed by atoms with van der Waals surface area (Å²) in [5.74, 6) is -0.337. The molecule has 160 valence electrons. The van der Waals surface area contributed by atoms with Crippen molar-refractivity contribution in [3.63, 3.8) is 0 Å². The number of rotatable bonds is 7. The molecule has 0 aromatic heterocycles. The van der Waals surface area contributed by atoms with Crippen LogP contribution >= 0.6 is 0 Å². The first-order valence-corrected chi connectivity index (χ1v) is 10.9. The van der Waals surface area contributed by atoms with E-state index in [0.29, 0.717) is 27.9 Å². The molecule has 0 spiro atoms. The monoisotopic (exact) mass is 438 g/mol. The molecule has 8 nitrogen and oxygen atoms in total. The molecule has 0 heterocycles. The molecule has 0 saturated carbocycles. The highest BCUT2D eigenvalue weighted by atomic mass is 32.2. The van der Waals surface area contributed by atoms with Gasteiger partial charge < -0.3 is 16.2 Å². The number of hydrogen-bond donors (Lipinski definition) is 5. The average Bonchev–Trinajstić information content (AvgIpc) is 2.73. The minimum atomic E-state index is -3.87. The van der Waals surface area contributed by atoms with Crippen molar-refractivity contribution in [1.29, 1.82) is 5.41 Å². The van der Waals surface area contributed by atoms with E-state index in [2.05, 4.69) is 5.32 Å². The van der Waals surface area contributed by atoms with Crippen LogP contribution in [0.1, 0.15) is 17.5 Å². The van der Waals surface area contributed by atoms with Gasteiger partial charge in [-0.3, -0.25) is 10.2 Å². The summed E-state index contributed by atoms with van der Waals surface area (Å²) < 4.78 is 23.6. The van der Waals surface area contributed by atoms with Crippen LogP contribution in [0.4, 0.5) is 5.69 Å². The molecule has 0 bridgehead atoms. The van der Waals surface area contributed by atoms with Crippen molar-refractivity contribution >= 4 is 27.5 Å². The Bertz CT molecular complexity index is 1240. The fourth-order valence-corrected chi connectivity index (χ4v) is 3.87. The van der Waals surface area contributed by atoms with E-state index in [1.807, 2.05) is 0 Å². The molecule has 0 aliphatic heterocycles. The SMILES string of the molecule is N=C(N)c1ccc(O)c(CCC(=O)Nc2ccc(-c3ccccc3S(N)(=O)=O)cc2)c1. The number of aromatic hydroxyl groups is 1. The van der Waals surface area contributed by atoms with Gasteiger partial charge in [-0.25, -0.2) is 13.6 Å². The number of anilines is 1. The van der Waals surface area contributed by atoms with E-state index in [1.54, 1.807) is 48.5 Å². The molecule has 3 aromatic rings. The molecule has 7 N–H and O–H groups in total. The standard InChI is InChI=1S/C22H22N4O4S/c23-22(24)16-7-11-19(27)15(13-16)8-12-21(28)26-17-9-5-14(6-10-17)18-3-1-2-4-20(18)31(25,29)30/h1-7,9-11,13,27H,8,12H2,(H3,23,24)(H,26,28)(H2,25,29,30). The minimum absolute atomic E-state index is 0.0272. The molecular weight excluding hydrogens is 416 g/mol. The van der Waals surface area contributed by atoms with Crippen LogP contribution in [0.3, 0.4) is 0 Å². The number of sulfonamides is 1. The minimum Gasteiger partial charge on any atom is -0.508 e. The largest absolute Gasteiger partial charge is 0.508 e. The van der Waals surface area contributed by atoms with E-state index >= 15 is 0 Å². The average molecular weight is 439 g/mol. The van der Waals surface area contributed by atoms with Gasteiger partial charge in [-0.2, -0.15) is 0 Å². The Kier molecular flexibility index (Phi) is 6.38. The van der Waals surface area contributed by atoms with E-state index < -0.39 is 10.0 Å². The molecule has 0 unspecified atom stereocenters. The number of nitrogen functional groups attached to an aromatic ring is 1. The molecule has 31 heavy (non-hydrogen) atoms. The van der Waals surface area contributed by atoms with Gasteiger partial charge in [0, 0.05) is 23.2 Å².